The number of halogens is 3. The summed E-state index contributed by atoms with van der Waals surface area (Å²) in [6.07, 6.45) is 0. The Labute approximate surface area is 134 Å². The molecule has 2 rings (SSSR count). The summed E-state index contributed by atoms with van der Waals surface area (Å²) >= 11 is 8.04. The van der Waals surface area contributed by atoms with Gasteiger partial charge in [0.05, 0.1) is 20.0 Å². The Kier molecular flexibility index (Phi) is 3.98. The van der Waals surface area contributed by atoms with Crippen molar-refractivity contribution < 1.29 is 9.18 Å². The van der Waals surface area contributed by atoms with Crippen LogP contribution in [0.5, 0.6) is 0 Å². The molecule has 1 heterocycles. The maximum atomic E-state index is 13.8. The number of aromatic nitrogens is 2. The SMILES string of the molecule is CC(Cl)c1nc2cc(I)c(F)cc2n1C(C)(C)C(N)=O. The number of hydrogen-bond donors (Lipinski definition) is 1. The van der Waals surface area contributed by atoms with Crippen molar-refractivity contribution in [2.75, 3.05) is 0 Å². The second kappa shape index (κ2) is 5.14. The van der Waals surface area contributed by atoms with E-state index in [9.17, 15) is 9.18 Å². The molecule has 2 aromatic rings. The summed E-state index contributed by atoms with van der Waals surface area (Å²) in [5, 5.41) is -0.429. The highest BCUT2D eigenvalue weighted by atomic mass is 127. The van der Waals surface area contributed by atoms with Gasteiger partial charge in [0.1, 0.15) is 17.2 Å². The zero-order valence-corrected chi connectivity index (χ0v) is 14.2. The summed E-state index contributed by atoms with van der Waals surface area (Å²) in [5.74, 6) is -0.408. The van der Waals surface area contributed by atoms with Gasteiger partial charge in [0.2, 0.25) is 5.91 Å². The van der Waals surface area contributed by atoms with E-state index in [0.29, 0.717) is 20.4 Å². The van der Waals surface area contributed by atoms with Crippen molar-refractivity contribution in [1.82, 2.24) is 9.55 Å². The Morgan fingerprint density at radius 1 is 1.55 bits per heavy atom. The molecule has 2 N–H and O–H groups in total. The average molecular weight is 410 g/mol. The van der Waals surface area contributed by atoms with Crippen LogP contribution in [0.15, 0.2) is 12.1 Å². The van der Waals surface area contributed by atoms with Crippen LogP contribution in [0.4, 0.5) is 4.39 Å². The number of nitrogens with two attached hydrogens (primary N) is 1. The minimum Gasteiger partial charge on any atom is -0.368 e. The molecule has 108 valence electrons. The van der Waals surface area contributed by atoms with E-state index < -0.39 is 16.8 Å². The van der Waals surface area contributed by atoms with Gasteiger partial charge in [0.15, 0.2) is 0 Å². The molecule has 1 atom stereocenters. The molecule has 1 aromatic heterocycles. The van der Waals surface area contributed by atoms with Crippen LogP contribution in [0.25, 0.3) is 11.0 Å². The maximum Gasteiger partial charge on any atom is 0.243 e. The van der Waals surface area contributed by atoms with Crippen molar-refractivity contribution in [3.8, 4) is 0 Å². The van der Waals surface area contributed by atoms with Gasteiger partial charge in [0.25, 0.3) is 0 Å². The Hall–Kier alpha value is -0.890. The van der Waals surface area contributed by atoms with E-state index in [1.807, 2.05) is 22.6 Å². The summed E-state index contributed by atoms with van der Waals surface area (Å²) in [6.45, 7) is 5.07. The van der Waals surface area contributed by atoms with Crippen molar-refractivity contribution >= 4 is 51.1 Å². The molecule has 0 spiro atoms. The lowest BCUT2D eigenvalue weighted by atomic mass is 10.0. The van der Waals surface area contributed by atoms with Gasteiger partial charge >= 0.3 is 0 Å². The molecular formula is C13H14ClFIN3O. The van der Waals surface area contributed by atoms with Crippen LogP contribution in [0, 0.1) is 9.39 Å². The third-order valence-corrected chi connectivity index (χ3v) is 4.26. The molecule has 4 nitrogen and oxygen atoms in total. The first kappa shape index (κ1) is 15.5. The molecule has 0 radical (unpaired) electrons. The average Bonchev–Trinajstić information content (AvgIpc) is 2.68. The third kappa shape index (κ3) is 2.39. The van der Waals surface area contributed by atoms with Crippen LogP contribution in [0.1, 0.15) is 32.0 Å². The van der Waals surface area contributed by atoms with E-state index >= 15 is 0 Å². The van der Waals surface area contributed by atoms with Crippen LogP contribution < -0.4 is 5.73 Å². The van der Waals surface area contributed by atoms with Gasteiger partial charge in [-0.05, 0) is 49.4 Å². The topological polar surface area (TPSA) is 60.9 Å². The fourth-order valence-corrected chi connectivity index (χ4v) is 2.65. The van der Waals surface area contributed by atoms with Gasteiger partial charge in [-0.2, -0.15) is 0 Å². The summed E-state index contributed by atoms with van der Waals surface area (Å²) in [4.78, 5) is 16.1. The van der Waals surface area contributed by atoms with Crippen molar-refractivity contribution in [2.45, 2.75) is 31.7 Å². The van der Waals surface area contributed by atoms with Crippen molar-refractivity contribution in [3.05, 3.63) is 27.3 Å². The molecule has 0 aliphatic carbocycles. The number of nitrogens with zero attached hydrogens (tertiary/aromatic N) is 2. The Bertz CT molecular complexity index is 696. The van der Waals surface area contributed by atoms with Crippen molar-refractivity contribution in [2.24, 2.45) is 5.73 Å². The number of imidazole rings is 1. The molecule has 0 aliphatic rings. The lowest BCUT2D eigenvalue weighted by Crippen LogP contribution is -2.42. The maximum absolute atomic E-state index is 13.8. The van der Waals surface area contributed by atoms with Gasteiger partial charge < -0.3 is 10.3 Å². The lowest BCUT2D eigenvalue weighted by Gasteiger charge is -2.26. The Morgan fingerprint density at radius 3 is 2.65 bits per heavy atom. The number of alkyl halides is 1. The van der Waals surface area contributed by atoms with Gasteiger partial charge in [0, 0.05) is 6.07 Å². The molecule has 0 aliphatic heterocycles. The minimum atomic E-state index is -1.05. The number of primary amides is 1. The highest BCUT2D eigenvalue weighted by Gasteiger charge is 2.33. The van der Waals surface area contributed by atoms with Crippen molar-refractivity contribution in [1.29, 1.82) is 0 Å². The molecule has 0 fully saturated rings. The van der Waals surface area contributed by atoms with E-state index in [1.165, 1.54) is 6.07 Å². The van der Waals surface area contributed by atoms with Gasteiger partial charge in [-0.3, -0.25) is 4.79 Å². The predicted octanol–water partition coefficient (Wildman–Crippen LogP) is 3.30. The van der Waals surface area contributed by atoms with Crippen LogP contribution in [0.2, 0.25) is 0 Å². The molecule has 0 bridgehead atoms. The highest BCUT2D eigenvalue weighted by Crippen LogP contribution is 2.32. The number of benzene rings is 1. The smallest absolute Gasteiger partial charge is 0.243 e. The second-order valence-electron chi connectivity index (χ2n) is 5.10. The highest BCUT2D eigenvalue weighted by molar-refractivity contribution is 14.1. The van der Waals surface area contributed by atoms with Gasteiger partial charge in [-0.25, -0.2) is 9.37 Å². The molecule has 1 amide bonds. The van der Waals surface area contributed by atoms with E-state index in [2.05, 4.69) is 4.98 Å². The quantitative estimate of drug-likeness (QED) is 0.624. The zero-order valence-electron chi connectivity index (χ0n) is 11.2. The molecule has 20 heavy (non-hydrogen) atoms. The molecule has 7 heteroatoms. The Balaban J connectivity index is 2.89. The van der Waals surface area contributed by atoms with Crippen LogP contribution in [-0.4, -0.2) is 15.5 Å². The van der Waals surface area contributed by atoms with E-state index in [4.69, 9.17) is 17.3 Å². The normalized spacial score (nSPS) is 13.7. The lowest BCUT2D eigenvalue weighted by molar-refractivity contribution is -0.125. The Morgan fingerprint density at radius 2 is 2.15 bits per heavy atom. The first-order chi connectivity index (χ1) is 9.16. The summed E-state index contributed by atoms with van der Waals surface area (Å²) in [5.41, 5.74) is 5.51. The van der Waals surface area contributed by atoms with Gasteiger partial charge in [-0.15, -0.1) is 11.6 Å². The number of rotatable bonds is 3. The summed E-state index contributed by atoms with van der Waals surface area (Å²) in [6, 6.07) is 2.99. The molecule has 0 saturated heterocycles. The minimum absolute atomic E-state index is 0.367. The van der Waals surface area contributed by atoms with Gasteiger partial charge in [-0.1, -0.05) is 0 Å². The first-order valence-corrected chi connectivity index (χ1v) is 7.49. The summed E-state index contributed by atoms with van der Waals surface area (Å²) < 4.78 is 15.9. The molecular weight excluding hydrogens is 396 g/mol. The fraction of sp³-hybridized carbons (Fsp3) is 0.385. The largest absolute Gasteiger partial charge is 0.368 e. The summed E-state index contributed by atoms with van der Waals surface area (Å²) in [7, 11) is 0. The number of carbonyl (C=O) groups excluding carboxylic acids is 1. The van der Waals surface area contributed by atoms with E-state index in [-0.39, 0.29) is 5.82 Å². The monoisotopic (exact) mass is 409 g/mol. The van der Waals surface area contributed by atoms with Crippen LogP contribution in [-0.2, 0) is 10.3 Å². The van der Waals surface area contributed by atoms with E-state index in [0.717, 1.165) is 0 Å². The molecule has 1 unspecified atom stereocenters. The molecule has 1 aromatic carbocycles. The van der Waals surface area contributed by atoms with E-state index in [1.54, 1.807) is 31.4 Å². The zero-order chi connectivity index (χ0) is 15.2. The number of carbonyl (C=O) groups is 1. The molecule has 0 saturated carbocycles. The van der Waals surface area contributed by atoms with Crippen LogP contribution in [0.3, 0.4) is 0 Å². The number of hydrogen-bond acceptors (Lipinski definition) is 2. The first-order valence-electron chi connectivity index (χ1n) is 5.98. The predicted molar refractivity (Wildman–Crippen MR) is 85.2 cm³/mol. The number of amides is 1. The van der Waals surface area contributed by atoms with Crippen LogP contribution >= 0.6 is 34.2 Å². The second-order valence-corrected chi connectivity index (χ2v) is 6.92. The van der Waals surface area contributed by atoms with Crippen molar-refractivity contribution in [3.63, 3.8) is 0 Å². The third-order valence-electron chi connectivity index (χ3n) is 3.24. The standard InChI is InChI=1S/C13H14ClFIN3O/c1-6(14)11-18-9-5-8(16)7(15)4-10(9)19(11)13(2,3)12(17)20/h4-6H,1-3H3,(H2,17,20). The number of fused-ring (bicyclic) bond motifs is 1. The fourth-order valence-electron chi connectivity index (χ4n) is 2.06.